The molecule has 0 aliphatic carbocycles. The van der Waals surface area contributed by atoms with Gasteiger partial charge in [0.1, 0.15) is 5.82 Å². The number of aryl methyl sites for hydroxylation is 1. The van der Waals surface area contributed by atoms with Crippen molar-refractivity contribution < 1.29 is 9.53 Å². The highest BCUT2D eigenvalue weighted by molar-refractivity contribution is 14.0. The van der Waals surface area contributed by atoms with Crippen LogP contribution in [0.1, 0.15) is 32.5 Å². The van der Waals surface area contributed by atoms with E-state index in [-0.39, 0.29) is 35.9 Å². The average molecular weight is 513 g/mol. The van der Waals surface area contributed by atoms with Gasteiger partial charge in [-0.2, -0.15) is 0 Å². The van der Waals surface area contributed by atoms with Gasteiger partial charge >= 0.3 is 5.97 Å². The number of nitrogens with zero attached hydrogens (tertiary/aromatic N) is 4. The lowest BCUT2D eigenvalue weighted by atomic mass is 9.97. The number of ether oxygens (including phenoxy) is 1. The summed E-state index contributed by atoms with van der Waals surface area (Å²) in [5.74, 6) is 1.88. The van der Waals surface area contributed by atoms with E-state index >= 15 is 0 Å². The third-order valence-electron chi connectivity index (χ3n) is 5.18. The van der Waals surface area contributed by atoms with Gasteiger partial charge in [-0.15, -0.1) is 24.0 Å². The van der Waals surface area contributed by atoms with Crippen molar-refractivity contribution in [2.45, 2.75) is 40.2 Å². The van der Waals surface area contributed by atoms with Gasteiger partial charge in [-0.05, 0) is 45.7 Å². The summed E-state index contributed by atoms with van der Waals surface area (Å²) in [6.45, 7) is 10.4. The number of esters is 1. The molecule has 0 unspecified atom stereocenters. The molecular weight excluding hydrogens is 481 g/mol. The maximum Gasteiger partial charge on any atom is 0.309 e. The number of carbonyl (C=O) groups is 1. The molecule has 1 fully saturated rings. The molecule has 0 saturated carbocycles. The first-order valence-corrected chi connectivity index (χ1v) is 10.3. The van der Waals surface area contributed by atoms with Crippen molar-refractivity contribution in [2.24, 2.45) is 10.9 Å². The van der Waals surface area contributed by atoms with Gasteiger partial charge in [0.05, 0.1) is 30.1 Å². The number of rotatable bonds is 6. The number of hydrogen-bond acceptors (Lipinski definition) is 4. The lowest BCUT2D eigenvalue weighted by Gasteiger charge is -2.33. The predicted octanol–water partition coefficient (Wildman–Crippen LogP) is 3.20. The Morgan fingerprint density at radius 1 is 1.28 bits per heavy atom. The van der Waals surface area contributed by atoms with Gasteiger partial charge in [-0.3, -0.25) is 9.79 Å². The molecule has 2 heterocycles. The van der Waals surface area contributed by atoms with Crippen molar-refractivity contribution >= 4 is 46.9 Å². The van der Waals surface area contributed by atoms with Crippen LogP contribution in [0.2, 0.25) is 0 Å². The Morgan fingerprint density at radius 2 is 2.00 bits per heavy atom. The normalized spacial score (nSPS) is 15.3. The molecule has 8 heteroatoms. The molecule has 1 N–H and O–H groups in total. The highest BCUT2D eigenvalue weighted by Crippen LogP contribution is 2.19. The number of halogens is 1. The average Bonchev–Trinajstić information content (AvgIpc) is 3.03. The molecule has 7 nitrogen and oxygen atoms in total. The molecule has 2 aromatic rings. The van der Waals surface area contributed by atoms with Crippen molar-refractivity contribution in [1.29, 1.82) is 0 Å². The quantitative estimate of drug-likeness (QED) is 0.278. The molecule has 0 bridgehead atoms. The highest BCUT2D eigenvalue weighted by atomic mass is 127. The van der Waals surface area contributed by atoms with E-state index in [0.29, 0.717) is 13.2 Å². The first-order chi connectivity index (χ1) is 13.6. The molecule has 0 spiro atoms. The summed E-state index contributed by atoms with van der Waals surface area (Å²) in [4.78, 5) is 23.7. The van der Waals surface area contributed by atoms with Crippen LogP contribution in [0.4, 0.5) is 0 Å². The lowest BCUT2D eigenvalue weighted by Crippen LogP contribution is -2.46. The van der Waals surface area contributed by atoms with Gasteiger partial charge in [0, 0.05) is 26.2 Å². The number of piperidine rings is 1. The van der Waals surface area contributed by atoms with Crippen LogP contribution in [0, 0.1) is 12.8 Å². The number of hydrogen-bond donors (Lipinski definition) is 1. The third kappa shape index (κ3) is 5.83. The van der Waals surface area contributed by atoms with Gasteiger partial charge in [0.15, 0.2) is 5.96 Å². The first-order valence-electron chi connectivity index (χ1n) is 10.3. The highest BCUT2D eigenvalue weighted by Gasteiger charge is 2.27. The van der Waals surface area contributed by atoms with Crippen molar-refractivity contribution in [3.05, 3.63) is 30.1 Å². The summed E-state index contributed by atoms with van der Waals surface area (Å²) in [6, 6.07) is 8.20. The second-order valence-corrected chi connectivity index (χ2v) is 7.05. The Hall–Kier alpha value is -1.84. The number of imidazole rings is 1. The zero-order valence-corrected chi connectivity index (χ0v) is 19.9. The van der Waals surface area contributed by atoms with Crippen LogP contribution >= 0.6 is 24.0 Å². The molecular formula is C21H32IN5O2. The maximum atomic E-state index is 11.9. The number of aromatic nitrogens is 2. The Bertz CT molecular complexity index is 828. The molecule has 1 aliphatic heterocycles. The van der Waals surface area contributed by atoms with Crippen LogP contribution in [0.15, 0.2) is 29.3 Å². The molecule has 29 heavy (non-hydrogen) atoms. The van der Waals surface area contributed by atoms with Gasteiger partial charge < -0.3 is 19.5 Å². The minimum absolute atomic E-state index is 0. The van der Waals surface area contributed by atoms with E-state index in [4.69, 9.17) is 9.73 Å². The number of para-hydroxylation sites is 2. The van der Waals surface area contributed by atoms with E-state index in [1.165, 1.54) is 0 Å². The van der Waals surface area contributed by atoms with Crippen LogP contribution in [-0.2, 0) is 16.1 Å². The van der Waals surface area contributed by atoms with Gasteiger partial charge in [0.25, 0.3) is 0 Å². The fourth-order valence-electron chi connectivity index (χ4n) is 3.75. The lowest BCUT2D eigenvalue weighted by molar-refractivity contribution is -0.149. The zero-order chi connectivity index (χ0) is 19.9. The van der Waals surface area contributed by atoms with Crippen LogP contribution in [-0.4, -0.2) is 59.2 Å². The van der Waals surface area contributed by atoms with E-state index in [0.717, 1.165) is 61.8 Å². The molecule has 3 rings (SSSR count). The third-order valence-corrected chi connectivity index (χ3v) is 5.18. The van der Waals surface area contributed by atoms with Gasteiger partial charge in [-0.25, -0.2) is 4.98 Å². The second kappa shape index (κ2) is 11.4. The van der Waals surface area contributed by atoms with Crippen molar-refractivity contribution in [2.75, 3.05) is 32.8 Å². The standard InChI is InChI=1S/C21H31N5O2.HI/c1-4-22-21(25-13-10-17(11-14-25)20(27)28-5-2)23-12-15-26-16(3)24-18-8-6-7-9-19(18)26;/h6-9,17H,4-5,10-15H2,1-3H3,(H,22,23);1H. The summed E-state index contributed by atoms with van der Waals surface area (Å²) in [5, 5.41) is 3.39. The number of guanidine groups is 1. The Labute approximate surface area is 189 Å². The van der Waals surface area contributed by atoms with Crippen molar-refractivity contribution in [3.63, 3.8) is 0 Å². The van der Waals surface area contributed by atoms with E-state index in [9.17, 15) is 4.79 Å². The minimum atomic E-state index is -0.0634. The second-order valence-electron chi connectivity index (χ2n) is 7.05. The first kappa shape index (κ1) is 23.4. The molecule has 1 aromatic heterocycles. The van der Waals surface area contributed by atoms with Crippen LogP contribution < -0.4 is 5.32 Å². The van der Waals surface area contributed by atoms with Crippen LogP contribution in [0.3, 0.4) is 0 Å². The minimum Gasteiger partial charge on any atom is -0.466 e. The molecule has 0 atom stereocenters. The largest absolute Gasteiger partial charge is 0.466 e. The molecule has 160 valence electrons. The molecule has 0 radical (unpaired) electrons. The van der Waals surface area contributed by atoms with E-state index < -0.39 is 0 Å². The van der Waals surface area contributed by atoms with Gasteiger partial charge in [0.2, 0.25) is 0 Å². The Balaban J connectivity index is 0.00000300. The van der Waals surface area contributed by atoms with Crippen LogP contribution in [0.25, 0.3) is 11.0 Å². The number of nitrogens with one attached hydrogen (secondary N) is 1. The molecule has 1 saturated heterocycles. The molecule has 1 aromatic carbocycles. The van der Waals surface area contributed by atoms with E-state index in [2.05, 4.69) is 32.8 Å². The smallest absolute Gasteiger partial charge is 0.309 e. The van der Waals surface area contributed by atoms with E-state index in [1.807, 2.05) is 32.0 Å². The fraction of sp³-hybridized carbons (Fsp3) is 0.571. The topological polar surface area (TPSA) is 71.8 Å². The number of benzene rings is 1. The maximum absolute atomic E-state index is 11.9. The monoisotopic (exact) mass is 513 g/mol. The Morgan fingerprint density at radius 3 is 2.69 bits per heavy atom. The Kier molecular flexibility index (Phi) is 9.19. The summed E-state index contributed by atoms with van der Waals surface area (Å²) in [7, 11) is 0. The summed E-state index contributed by atoms with van der Waals surface area (Å²) in [6.07, 6.45) is 1.63. The molecule has 0 amide bonds. The number of likely N-dealkylation sites (tertiary alicyclic amines) is 1. The number of aliphatic imine (C=N–C) groups is 1. The summed E-state index contributed by atoms with van der Waals surface area (Å²) < 4.78 is 7.38. The summed E-state index contributed by atoms with van der Waals surface area (Å²) in [5.41, 5.74) is 2.17. The predicted molar refractivity (Wildman–Crippen MR) is 127 cm³/mol. The molecule has 1 aliphatic rings. The van der Waals surface area contributed by atoms with Gasteiger partial charge in [-0.1, -0.05) is 12.1 Å². The van der Waals surface area contributed by atoms with Crippen molar-refractivity contribution in [3.8, 4) is 0 Å². The fourth-order valence-corrected chi connectivity index (χ4v) is 3.75. The summed E-state index contributed by atoms with van der Waals surface area (Å²) >= 11 is 0. The SMILES string of the molecule is CCNC(=NCCn1c(C)nc2ccccc21)N1CCC(C(=O)OCC)CC1.I. The number of carbonyl (C=O) groups excluding carboxylic acids is 1. The number of fused-ring (bicyclic) bond motifs is 1. The van der Waals surface area contributed by atoms with E-state index in [1.54, 1.807) is 0 Å². The zero-order valence-electron chi connectivity index (χ0n) is 17.6. The van der Waals surface area contributed by atoms with Crippen molar-refractivity contribution in [1.82, 2.24) is 19.8 Å². The van der Waals surface area contributed by atoms with Crippen LogP contribution in [0.5, 0.6) is 0 Å².